The summed E-state index contributed by atoms with van der Waals surface area (Å²) in [5, 5.41) is 8.30. The number of nitrogens with one attached hydrogen (secondary N) is 2. The standard InChI is InChI=1S/C31H38N4O5S/c1-5-13-33-31(38)35-26(21-7-9-22(39-4)10-8-21)24(28(36)23-11-6-20(3)40-23)25(29-19(2)12-18-41-29)27(35)30(37)34-16-14-32-15-17-34/h6-12,18,24-27,32H,5,13-17H2,1-4H3,(H,33,38). The molecular formula is C31H38N4O5S. The molecule has 0 radical (unpaired) electrons. The van der Waals surface area contributed by atoms with Gasteiger partial charge in [-0.2, -0.15) is 0 Å². The van der Waals surface area contributed by atoms with Crippen LogP contribution in [-0.2, 0) is 4.79 Å². The van der Waals surface area contributed by atoms with E-state index in [4.69, 9.17) is 9.15 Å². The third kappa shape index (κ3) is 5.63. The summed E-state index contributed by atoms with van der Waals surface area (Å²) in [7, 11) is 1.60. The Morgan fingerprint density at radius 1 is 1.07 bits per heavy atom. The van der Waals surface area contributed by atoms with Gasteiger partial charge in [-0.25, -0.2) is 4.79 Å². The molecule has 0 saturated carbocycles. The number of thiophene rings is 1. The number of hydrogen-bond donors (Lipinski definition) is 2. The monoisotopic (exact) mass is 578 g/mol. The fourth-order valence-electron chi connectivity index (χ4n) is 6.07. The number of likely N-dealkylation sites (tertiary alicyclic amines) is 1. The molecule has 2 aliphatic rings. The molecule has 2 aromatic heterocycles. The predicted molar refractivity (Wildman–Crippen MR) is 158 cm³/mol. The van der Waals surface area contributed by atoms with Crippen molar-refractivity contribution in [1.29, 1.82) is 0 Å². The van der Waals surface area contributed by atoms with Crippen LogP contribution in [0.5, 0.6) is 5.75 Å². The Kier molecular flexibility index (Phi) is 8.79. The van der Waals surface area contributed by atoms with Crippen molar-refractivity contribution in [3.05, 3.63) is 75.4 Å². The van der Waals surface area contributed by atoms with E-state index in [1.165, 1.54) is 11.3 Å². The van der Waals surface area contributed by atoms with E-state index in [-0.39, 0.29) is 23.5 Å². The molecule has 0 aliphatic carbocycles. The molecule has 9 nitrogen and oxygen atoms in total. The average molecular weight is 579 g/mol. The van der Waals surface area contributed by atoms with Gasteiger partial charge in [0.25, 0.3) is 0 Å². The van der Waals surface area contributed by atoms with E-state index in [9.17, 15) is 14.4 Å². The van der Waals surface area contributed by atoms with E-state index in [1.54, 1.807) is 31.1 Å². The van der Waals surface area contributed by atoms with E-state index < -0.39 is 23.9 Å². The molecule has 2 fully saturated rings. The lowest BCUT2D eigenvalue weighted by molar-refractivity contribution is -0.136. The number of hydrogen-bond acceptors (Lipinski definition) is 7. The molecule has 41 heavy (non-hydrogen) atoms. The number of carbonyl (C=O) groups is 3. The zero-order valence-corrected chi connectivity index (χ0v) is 24.8. The summed E-state index contributed by atoms with van der Waals surface area (Å²) in [5.74, 6) is -0.153. The molecule has 2 N–H and O–H groups in total. The lowest BCUT2D eigenvalue weighted by atomic mass is 9.79. The second kappa shape index (κ2) is 12.5. The lowest BCUT2D eigenvalue weighted by Crippen LogP contribution is -2.56. The normalized spacial score (nSPS) is 22.5. The first-order chi connectivity index (χ1) is 19.8. The molecule has 3 aromatic rings. The Morgan fingerprint density at radius 3 is 2.39 bits per heavy atom. The molecule has 0 bridgehead atoms. The quantitative estimate of drug-likeness (QED) is 0.381. The highest BCUT2D eigenvalue weighted by atomic mass is 32.1. The SMILES string of the molecule is CCCNC(=O)N1C(C(=O)N2CCNCC2)C(c2sccc2C)C(C(=O)c2ccc(C)o2)C1c1ccc(OC)cc1. The zero-order valence-electron chi connectivity index (χ0n) is 24.0. The van der Waals surface area contributed by atoms with E-state index >= 15 is 0 Å². The largest absolute Gasteiger partial charge is 0.497 e. The smallest absolute Gasteiger partial charge is 0.318 e. The molecule has 5 rings (SSSR count). The summed E-state index contributed by atoms with van der Waals surface area (Å²) in [6.45, 7) is 8.68. The number of furan rings is 1. The highest BCUT2D eigenvalue weighted by molar-refractivity contribution is 7.10. The number of urea groups is 1. The Balaban J connectivity index is 1.73. The predicted octanol–water partition coefficient (Wildman–Crippen LogP) is 4.53. The number of nitrogens with zero attached hydrogens (tertiary/aromatic N) is 2. The number of rotatable bonds is 8. The van der Waals surface area contributed by atoms with Crippen LogP contribution in [0.3, 0.4) is 0 Å². The number of aryl methyl sites for hydroxylation is 2. The van der Waals surface area contributed by atoms with Crippen LogP contribution in [0.15, 0.2) is 52.3 Å². The summed E-state index contributed by atoms with van der Waals surface area (Å²) in [6, 6.07) is 10.9. The fraction of sp³-hybridized carbons (Fsp3) is 0.452. The van der Waals surface area contributed by atoms with Crippen molar-refractivity contribution in [2.45, 2.75) is 45.2 Å². The number of ketones is 1. The van der Waals surface area contributed by atoms with Gasteiger partial charge in [0.15, 0.2) is 5.76 Å². The summed E-state index contributed by atoms with van der Waals surface area (Å²) in [5.41, 5.74) is 1.75. The minimum Gasteiger partial charge on any atom is -0.497 e. The molecule has 4 heterocycles. The summed E-state index contributed by atoms with van der Waals surface area (Å²) in [4.78, 5) is 47.5. The van der Waals surface area contributed by atoms with E-state index in [1.807, 2.05) is 54.5 Å². The highest BCUT2D eigenvalue weighted by Crippen LogP contribution is 2.53. The number of piperazine rings is 1. The Labute approximate surface area is 244 Å². The number of benzene rings is 1. The maximum atomic E-state index is 14.5. The van der Waals surface area contributed by atoms with Crippen molar-refractivity contribution in [2.24, 2.45) is 5.92 Å². The molecule has 4 atom stereocenters. The van der Waals surface area contributed by atoms with Gasteiger partial charge in [0.1, 0.15) is 17.6 Å². The molecule has 218 valence electrons. The molecular weight excluding hydrogens is 540 g/mol. The zero-order chi connectivity index (χ0) is 29.1. The average Bonchev–Trinajstić information content (AvgIpc) is 3.72. The van der Waals surface area contributed by atoms with Crippen molar-refractivity contribution >= 4 is 29.1 Å². The Bertz CT molecular complexity index is 1380. The number of methoxy groups -OCH3 is 1. The van der Waals surface area contributed by atoms with Crippen molar-refractivity contribution in [2.75, 3.05) is 39.8 Å². The van der Waals surface area contributed by atoms with Crippen molar-refractivity contribution < 1.29 is 23.5 Å². The van der Waals surface area contributed by atoms with E-state index in [0.717, 1.165) is 22.4 Å². The first-order valence-electron chi connectivity index (χ1n) is 14.2. The number of amides is 3. The van der Waals surface area contributed by atoms with Gasteiger partial charge < -0.3 is 29.6 Å². The van der Waals surface area contributed by atoms with Gasteiger partial charge in [0.2, 0.25) is 11.7 Å². The minimum absolute atomic E-state index is 0.139. The second-order valence-corrected chi connectivity index (χ2v) is 11.6. The highest BCUT2D eigenvalue weighted by Gasteiger charge is 2.59. The van der Waals surface area contributed by atoms with Crippen LogP contribution >= 0.6 is 11.3 Å². The Morgan fingerprint density at radius 2 is 1.80 bits per heavy atom. The van der Waals surface area contributed by atoms with Gasteiger partial charge in [-0.05, 0) is 67.1 Å². The van der Waals surface area contributed by atoms with Crippen LogP contribution in [0.1, 0.15) is 57.6 Å². The van der Waals surface area contributed by atoms with Gasteiger partial charge >= 0.3 is 6.03 Å². The molecule has 0 spiro atoms. The van der Waals surface area contributed by atoms with Crippen LogP contribution in [0, 0.1) is 19.8 Å². The van der Waals surface area contributed by atoms with E-state index in [0.29, 0.717) is 44.2 Å². The van der Waals surface area contributed by atoms with Gasteiger partial charge in [-0.3, -0.25) is 9.59 Å². The number of carbonyl (C=O) groups excluding carboxylic acids is 3. The number of Topliss-reactive ketones (excluding diaryl/α,β-unsaturated/α-hetero) is 1. The van der Waals surface area contributed by atoms with Crippen molar-refractivity contribution in [3.8, 4) is 5.75 Å². The first kappa shape index (κ1) is 28.9. The third-order valence-electron chi connectivity index (χ3n) is 8.06. The van der Waals surface area contributed by atoms with Crippen LogP contribution in [-0.4, -0.2) is 73.4 Å². The van der Waals surface area contributed by atoms with Gasteiger partial charge in [0, 0.05) is 43.5 Å². The van der Waals surface area contributed by atoms with Gasteiger partial charge in [0.05, 0.1) is 19.1 Å². The van der Waals surface area contributed by atoms with Crippen LogP contribution in [0.25, 0.3) is 0 Å². The van der Waals surface area contributed by atoms with Crippen LogP contribution < -0.4 is 15.4 Å². The number of ether oxygens (including phenoxy) is 1. The molecule has 10 heteroatoms. The van der Waals surface area contributed by atoms with Gasteiger partial charge in [-0.1, -0.05) is 19.1 Å². The summed E-state index contributed by atoms with van der Waals surface area (Å²) < 4.78 is 11.3. The second-order valence-electron chi connectivity index (χ2n) is 10.7. The minimum atomic E-state index is -0.876. The maximum absolute atomic E-state index is 14.5. The fourth-order valence-corrected chi connectivity index (χ4v) is 7.18. The van der Waals surface area contributed by atoms with E-state index in [2.05, 4.69) is 10.6 Å². The topological polar surface area (TPSA) is 104 Å². The maximum Gasteiger partial charge on any atom is 0.318 e. The van der Waals surface area contributed by atoms with Crippen molar-refractivity contribution in [3.63, 3.8) is 0 Å². The molecule has 2 aliphatic heterocycles. The summed E-state index contributed by atoms with van der Waals surface area (Å²) >= 11 is 1.53. The van der Waals surface area contributed by atoms with Crippen LogP contribution in [0.2, 0.25) is 0 Å². The summed E-state index contributed by atoms with van der Waals surface area (Å²) in [6.07, 6.45) is 0.741. The van der Waals surface area contributed by atoms with Crippen molar-refractivity contribution in [1.82, 2.24) is 20.4 Å². The van der Waals surface area contributed by atoms with Gasteiger partial charge in [-0.15, -0.1) is 11.3 Å². The molecule has 4 unspecified atom stereocenters. The molecule has 3 amide bonds. The molecule has 2 saturated heterocycles. The Hall–Kier alpha value is -3.63. The lowest BCUT2D eigenvalue weighted by Gasteiger charge is -2.36. The first-order valence-corrected chi connectivity index (χ1v) is 15.1. The van der Waals surface area contributed by atoms with Crippen LogP contribution in [0.4, 0.5) is 4.79 Å². The third-order valence-corrected chi connectivity index (χ3v) is 9.18. The molecule has 1 aromatic carbocycles.